The zero-order chi connectivity index (χ0) is 28.1. The summed E-state index contributed by atoms with van der Waals surface area (Å²) in [7, 11) is 0. The molecule has 0 aliphatic rings. The van der Waals surface area contributed by atoms with Crippen molar-refractivity contribution in [2.24, 2.45) is 0 Å². The number of hydrogen-bond donors (Lipinski definition) is 1. The third kappa shape index (κ3) is 3.11. The summed E-state index contributed by atoms with van der Waals surface area (Å²) in [5.41, 5.74) is 8.43. The van der Waals surface area contributed by atoms with Gasteiger partial charge in [0, 0.05) is 43.5 Å². The number of aromatic amines is 1. The van der Waals surface area contributed by atoms with Crippen molar-refractivity contribution in [3.8, 4) is 17.2 Å². The molecule has 5 heteroatoms. The van der Waals surface area contributed by atoms with Crippen LogP contribution in [0.1, 0.15) is 0 Å². The summed E-state index contributed by atoms with van der Waals surface area (Å²) in [4.78, 5) is 14.2. The van der Waals surface area contributed by atoms with E-state index in [-0.39, 0.29) is 0 Å². The summed E-state index contributed by atoms with van der Waals surface area (Å²) in [5, 5.41) is 8.01. The lowest BCUT2D eigenvalue weighted by Crippen LogP contribution is -2.03. The van der Waals surface area contributed by atoms with E-state index in [9.17, 15) is 0 Å². The Hall–Kier alpha value is -5.94. The van der Waals surface area contributed by atoms with Crippen LogP contribution in [0.3, 0.4) is 0 Å². The second kappa shape index (κ2) is 8.30. The van der Waals surface area contributed by atoms with Gasteiger partial charge in [0.05, 0.1) is 11.0 Å². The Morgan fingerprint density at radius 3 is 2.21 bits per heavy atom. The first-order valence-electron chi connectivity index (χ1n) is 14.4. The van der Waals surface area contributed by atoms with E-state index < -0.39 is 0 Å². The molecule has 0 saturated carbocycles. The third-order valence-corrected chi connectivity index (χ3v) is 8.75. The molecule has 0 atom stereocenters. The molecule has 200 valence electrons. The maximum atomic E-state index is 6.49. The summed E-state index contributed by atoms with van der Waals surface area (Å²) in [6, 6.07) is 44.4. The summed E-state index contributed by atoms with van der Waals surface area (Å²) < 4.78 is 8.69. The standard InChI is InChI=1S/C38H22N4O/c1-2-12-23-22(10-1)11-9-16-26(23)35-37-36(27-15-5-8-19-34(27)43-37)41-38(40-35)42-32-18-7-4-14-25(32)29-20-28-24-13-3-6-17-30(24)39-31(28)21-33(29)42/h1-21,39H. The highest BCUT2D eigenvalue weighted by Crippen LogP contribution is 2.40. The average molecular weight is 551 g/mol. The molecule has 0 spiro atoms. The van der Waals surface area contributed by atoms with Gasteiger partial charge in [-0.2, -0.15) is 0 Å². The van der Waals surface area contributed by atoms with Gasteiger partial charge >= 0.3 is 0 Å². The van der Waals surface area contributed by atoms with Crippen LogP contribution in [0.25, 0.3) is 93.7 Å². The minimum atomic E-state index is 0.614. The van der Waals surface area contributed by atoms with Crippen molar-refractivity contribution in [3.63, 3.8) is 0 Å². The SMILES string of the molecule is c1ccc2c(-c3nc(-n4c5ccccc5c5cc6c(cc54)[nH]c4ccccc46)nc4c3oc3ccccc34)cccc2c1. The Labute approximate surface area is 244 Å². The van der Waals surface area contributed by atoms with Crippen molar-refractivity contribution in [2.45, 2.75) is 0 Å². The third-order valence-electron chi connectivity index (χ3n) is 8.75. The van der Waals surface area contributed by atoms with Gasteiger partial charge in [-0.25, -0.2) is 9.97 Å². The van der Waals surface area contributed by atoms with Crippen LogP contribution in [0.15, 0.2) is 132 Å². The van der Waals surface area contributed by atoms with Crippen LogP contribution >= 0.6 is 0 Å². The maximum Gasteiger partial charge on any atom is 0.236 e. The molecule has 0 saturated heterocycles. The van der Waals surface area contributed by atoms with E-state index in [1.807, 2.05) is 18.2 Å². The van der Waals surface area contributed by atoms with Gasteiger partial charge in [0.15, 0.2) is 5.58 Å². The first-order chi connectivity index (χ1) is 21.3. The van der Waals surface area contributed by atoms with Gasteiger partial charge < -0.3 is 9.40 Å². The average Bonchev–Trinajstić information content (AvgIpc) is 3.72. The molecule has 1 N–H and O–H groups in total. The molecule has 0 bridgehead atoms. The number of hydrogen-bond acceptors (Lipinski definition) is 3. The zero-order valence-corrected chi connectivity index (χ0v) is 22.9. The molecule has 5 nitrogen and oxygen atoms in total. The predicted molar refractivity (Wildman–Crippen MR) is 176 cm³/mol. The highest BCUT2D eigenvalue weighted by atomic mass is 16.3. The van der Waals surface area contributed by atoms with E-state index in [2.05, 4.69) is 119 Å². The Morgan fingerprint density at radius 2 is 1.28 bits per heavy atom. The minimum Gasteiger partial charge on any atom is -0.452 e. The number of benzene rings is 6. The van der Waals surface area contributed by atoms with Crippen LogP contribution < -0.4 is 0 Å². The fourth-order valence-corrected chi connectivity index (χ4v) is 6.82. The summed E-state index contributed by atoms with van der Waals surface area (Å²) in [5.74, 6) is 0.614. The summed E-state index contributed by atoms with van der Waals surface area (Å²) in [6.07, 6.45) is 0. The van der Waals surface area contributed by atoms with Crippen LogP contribution in [0.2, 0.25) is 0 Å². The van der Waals surface area contributed by atoms with Gasteiger partial charge in [0.2, 0.25) is 5.95 Å². The molecular weight excluding hydrogens is 528 g/mol. The molecule has 6 aromatic carbocycles. The minimum absolute atomic E-state index is 0.614. The second-order valence-electron chi connectivity index (χ2n) is 11.1. The molecule has 0 unspecified atom stereocenters. The molecule has 0 amide bonds. The van der Waals surface area contributed by atoms with Gasteiger partial charge in [0.1, 0.15) is 16.8 Å². The molecule has 0 aliphatic heterocycles. The van der Waals surface area contributed by atoms with Gasteiger partial charge in [-0.15, -0.1) is 0 Å². The molecule has 0 radical (unpaired) electrons. The van der Waals surface area contributed by atoms with E-state index in [0.717, 1.165) is 66.0 Å². The highest BCUT2D eigenvalue weighted by Gasteiger charge is 2.22. The molecule has 10 aromatic rings. The molecule has 4 heterocycles. The lowest BCUT2D eigenvalue weighted by molar-refractivity contribution is 0.666. The van der Waals surface area contributed by atoms with Crippen molar-refractivity contribution in [1.82, 2.24) is 19.5 Å². The zero-order valence-electron chi connectivity index (χ0n) is 22.9. The van der Waals surface area contributed by atoms with E-state index in [1.165, 1.54) is 16.2 Å². The number of fused-ring (bicyclic) bond motifs is 10. The summed E-state index contributed by atoms with van der Waals surface area (Å²) in [6.45, 7) is 0. The van der Waals surface area contributed by atoms with Gasteiger partial charge in [0.25, 0.3) is 0 Å². The van der Waals surface area contributed by atoms with Crippen LogP contribution in [0.4, 0.5) is 0 Å². The number of aromatic nitrogens is 4. The predicted octanol–water partition coefficient (Wildman–Crippen LogP) is 9.93. The molecule has 43 heavy (non-hydrogen) atoms. The number of nitrogens with zero attached hydrogens (tertiary/aromatic N) is 3. The van der Waals surface area contributed by atoms with Crippen molar-refractivity contribution >= 4 is 76.5 Å². The van der Waals surface area contributed by atoms with E-state index in [0.29, 0.717) is 11.5 Å². The monoisotopic (exact) mass is 550 g/mol. The Bertz CT molecular complexity index is 2740. The highest BCUT2D eigenvalue weighted by molar-refractivity contribution is 6.18. The Morgan fingerprint density at radius 1 is 0.535 bits per heavy atom. The number of rotatable bonds is 2. The van der Waals surface area contributed by atoms with Crippen molar-refractivity contribution in [3.05, 3.63) is 127 Å². The number of furan rings is 1. The van der Waals surface area contributed by atoms with Crippen LogP contribution in [-0.2, 0) is 0 Å². The fourth-order valence-electron chi connectivity index (χ4n) is 6.82. The number of H-pyrrole nitrogens is 1. The normalized spacial score (nSPS) is 12.2. The summed E-state index contributed by atoms with van der Waals surface area (Å²) >= 11 is 0. The van der Waals surface area contributed by atoms with Crippen molar-refractivity contribution in [1.29, 1.82) is 0 Å². The van der Waals surface area contributed by atoms with Gasteiger partial charge in [-0.05, 0) is 47.2 Å². The Kier molecular flexibility index (Phi) is 4.39. The molecule has 4 aromatic heterocycles. The largest absolute Gasteiger partial charge is 0.452 e. The topological polar surface area (TPSA) is 59.6 Å². The molecule has 0 fully saturated rings. The molecule has 0 aliphatic carbocycles. The molecule has 10 rings (SSSR count). The first kappa shape index (κ1) is 22.7. The van der Waals surface area contributed by atoms with E-state index in [1.54, 1.807) is 0 Å². The lowest BCUT2D eigenvalue weighted by Gasteiger charge is -2.11. The van der Waals surface area contributed by atoms with Crippen LogP contribution in [-0.4, -0.2) is 19.5 Å². The van der Waals surface area contributed by atoms with Crippen LogP contribution in [0, 0.1) is 0 Å². The first-order valence-corrected chi connectivity index (χ1v) is 14.4. The number of para-hydroxylation sites is 3. The molecular formula is C38H22N4O. The van der Waals surface area contributed by atoms with E-state index >= 15 is 0 Å². The van der Waals surface area contributed by atoms with E-state index in [4.69, 9.17) is 14.4 Å². The van der Waals surface area contributed by atoms with Crippen molar-refractivity contribution in [2.75, 3.05) is 0 Å². The lowest BCUT2D eigenvalue weighted by atomic mass is 10.0. The fraction of sp³-hybridized carbons (Fsp3) is 0. The van der Waals surface area contributed by atoms with Gasteiger partial charge in [-0.3, -0.25) is 4.57 Å². The quantitative estimate of drug-likeness (QED) is 0.233. The second-order valence-corrected chi connectivity index (χ2v) is 11.1. The Balaban J connectivity index is 1.37. The smallest absolute Gasteiger partial charge is 0.236 e. The van der Waals surface area contributed by atoms with Crippen LogP contribution in [0.5, 0.6) is 0 Å². The van der Waals surface area contributed by atoms with Crippen molar-refractivity contribution < 1.29 is 4.42 Å². The maximum absolute atomic E-state index is 6.49. The van der Waals surface area contributed by atoms with Gasteiger partial charge in [-0.1, -0.05) is 91.0 Å². The number of nitrogens with one attached hydrogen (secondary N) is 1.